The molecule has 4 atom stereocenters. The minimum absolute atomic E-state index is 0.0189. The average Bonchev–Trinajstić information content (AvgIpc) is 3.37. The highest BCUT2D eigenvalue weighted by Crippen LogP contribution is 2.45. The topological polar surface area (TPSA) is 199 Å². The van der Waals surface area contributed by atoms with E-state index in [1.54, 1.807) is 0 Å². The van der Waals surface area contributed by atoms with E-state index in [4.69, 9.17) is 11.5 Å². The lowest BCUT2D eigenvalue weighted by Crippen LogP contribution is -2.78. The summed E-state index contributed by atoms with van der Waals surface area (Å²) in [4.78, 5) is 48.6. The van der Waals surface area contributed by atoms with Gasteiger partial charge in [0.2, 0.25) is 23.5 Å². The van der Waals surface area contributed by atoms with Gasteiger partial charge in [0.05, 0.1) is 12.6 Å². The Labute approximate surface area is 190 Å². The number of imide groups is 1. The largest absolute Gasteiger partial charge is 0.370 e. The minimum Gasteiger partial charge on any atom is -0.370 e. The first kappa shape index (κ1) is 21.9. The second-order valence-electron chi connectivity index (χ2n) is 9.54. The zero-order valence-electron chi connectivity index (χ0n) is 18.2. The molecule has 4 heterocycles. The van der Waals surface area contributed by atoms with Crippen LogP contribution >= 0.6 is 0 Å². The molecule has 0 aromatic rings. The Bertz CT molecular complexity index is 929. The number of carbonyl (C=O) groups is 3. The molecule has 0 bridgehead atoms. The average molecular weight is 463 g/mol. The van der Waals surface area contributed by atoms with Gasteiger partial charge in [-0.3, -0.25) is 19.3 Å². The van der Waals surface area contributed by atoms with Gasteiger partial charge in [-0.05, 0) is 12.8 Å². The van der Waals surface area contributed by atoms with E-state index in [1.165, 1.54) is 4.90 Å². The van der Waals surface area contributed by atoms with Gasteiger partial charge in [0, 0.05) is 25.3 Å². The standard InChI is InChI=1S/C20H30N8O5/c21-17-25-15-11(8-27-13(29)6-7-14(27)30)23-18(22)28-9-12(20(32,33)19(15,28)26-17)24-16(31)10-4-2-1-3-5-10/h10-12,15,32-33H,1-9H2,(H2,22,23)(H,24,31)(H3,21,25,26)/t11?,12?,15-,19-/m0/s1. The van der Waals surface area contributed by atoms with Crippen molar-refractivity contribution in [2.75, 3.05) is 13.1 Å². The van der Waals surface area contributed by atoms with Crippen LogP contribution in [0.2, 0.25) is 0 Å². The Morgan fingerprint density at radius 1 is 1.12 bits per heavy atom. The number of nitrogens with zero attached hydrogens (tertiary/aromatic N) is 4. The van der Waals surface area contributed by atoms with E-state index in [2.05, 4.69) is 20.6 Å². The molecule has 13 nitrogen and oxygen atoms in total. The van der Waals surface area contributed by atoms with Crippen LogP contribution in [-0.4, -0.2) is 92.3 Å². The van der Waals surface area contributed by atoms with Gasteiger partial charge in [-0.15, -0.1) is 0 Å². The molecule has 5 rings (SSSR count). The summed E-state index contributed by atoms with van der Waals surface area (Å²) in [5, 5.41) is 28.5. The molecule has 2 unspecified atom stereocenters. The lowest BCUT2D eigenvalue weighted by Gasteiger charge is -2.49. The van der Waals surface area contributed by atoms with E-state index in [9.17, 15) is 24.6 Å². The smallest absolute Gasteiger partial charge is 0.231 e. The van der Waals surface area contributed by atoms with Gasteiger partial charge in [-0.2, -0.15) is 0 Å². The maximum Gasteiger partial charge on any atom is 0.231 e. The van der Waals surface area contributed by atoms with Crippen molar-refractivity contribution in [3.8, 4) is 0 Å². The third kappa shape index (κ3) is 3.16. The third-order valence-corrected chi connectivity index (χ3v) is 7.62. The molecule has 2 saturated heterocycles. The molecule has 0 radical (unpaired) electrons. The molecule has 180 valence electrons. The maximum atomic E-state index is 12.9. The van der Waals surface area contributed by atoms with Crippen LogP contribution in [0.5, 0.6) is 0 Å². The number of aliphatic imine (C=N–C) groups is 2. The Morgan fingerprint density at radius 2 is 1.79 bits per heavy atom. The summed E-state index contributed by atoms with van der Waals surface area (Å²) < 4.78 is 0. The van der Waals surface area contributed by atoms with Gasteiger partial charge in [0.1, 0.15) is 12.1 Å². The van der Waals surface area contributed by atoms with Crippen LogP contribution in [0.25, 0.3) is 0 Å². The first-order chi connectivity index (χ1) is 15.6. The van der Waals surface area contributed by atoms with Crippen molar-refractivity contribution in [2.45, 2.75) is 74.5 Å². The second kappa shape index (κ2) is 7.55. The predicted octanol–water partition coefficient (Wildman–Crippen LogP) is -3.12. The predicted molar refractivity (Wildman–Crippen MR) is 115 cm³/mol. The highest BCUT2D eigenvalue weighted by Gasteiger charge is 2.73. The molecule has 0 aromatic heterocycles. The number of nitrogens with two attached hydrogens (primary N) is 2. The number of likely N-dealkylation sites (tertiary alicyclic amines) is 1. The quantitative estimate of drug-likeness (QED) is 0.185. The monoisotopic (exact) mass is 462 g/mol. The van der Waals surface area contributed by atoms with Gasteiger partial charge in [0.15, 0.2) is 17.6 Å². The van der Waals surface area contributed by atoms with Crippen LogP contribution in [0.3, 0.4) is 0 Å². The van der Waals surface area contributed by atoms with Gasteiger partial charge in [-0.1, -0.05) is 19.3 Å². The van der Waals surface area contributed by atoms with Crippen LogP contribution in [-0.2, 0) is 14.4 Å². The zero-order valence-corrected chi connectivity index (χ0v) is 18.2. The number of carbonyl (C=O) groups excluding carboxylic acids is 3. The van der Waals surface area contributed by atoms with E-state index < -0.39 is 29.6 Å². The third-order valence-electron chi connectivity index (χ3n) is 7.62. The number of aliphatic hydroxyl groups is 2. The van der Waals surface area contributed by atoms with Crippen LogP contribution in [0.4, 0.5) is 0 Å². The molecule has 3 fully saturated rings. The fourth-order valence-corrected chi connectivity index (χ4v) is 5.90. The van der Waals surface area contributed by atoms with Gasteiger partial charge in [0.25, 0.3) is 0 Å². The van der Waals surface area contributed by atoms with Crippen LogP contribution < -0.4 is 22.1 Å². The minimum atomic E-state index is -2.52. The first-order valence-electron chi connectivity index (χ1n) is 11.5. The SMILES string of the molecule is NC1=N[C@H]2C(CN3C(=O)CCC3=O)N=C(N)N3CC(NC(=O)C4CCCCC4)C(O)(O)[C@]23N1. The molecule has 1 saturated carbocycles. The summed E-state index contributed by atoms with van der Waals surface area (Å²) in [5.74, 6) is -3.64. The van der Waals surface area contributed by atoms with Crippen molar-refractivity contribution in [2.24, 2.45) is 27.4 Å². The van der Waals surface area contributed by atoms with Crippen LogP contribution in [0.15, 0.2) is 9.98 Å². The Balaban J connectivity index is 1.44. The fraction of sp³-hybridized carbons (Fsp3) is 0.750. The molecule has 1 spiro atoms. The summed E-state index contributed by atoms with van der Waals surface area (Å²) >= 11 is 0. The van der Waals surface area contributed by atoms with Gasteiger partial charge in [-0.25, -0.2) is 9.98 Å². The van der Waals surface area contributed by atoms with E-state index >= 15 is 0 Å². The molecule has 1 aliphatic carbocycles. The number of rotatable bonds is 4. The molecule has 13 heteroatoms. The van der Waals surface area contributed by atoms with Crippen molar-refractivity contribution in [3.63, 3.8) is 0 Å². The van der Waals surface area contributed by atoms with Crippen LogP contribution in [0, 0.1) is 5.92 Å². The Hall–Kier alpha value is -2.93. The van der Waals surface area contributed by atoms with Crippen LogP contribution in [0.1, 0.15) is 44.9 Å². The molecule has 8 N–H and O–H groups in total. The number of guanidine groups is 2. The van der Waals surface area contributed by atoms with Gasteiger partial charge >= 0.3 is 0 Å². The number of nitrogens with one attached hydrogen (secondary N) is 2. The van der Waals surface area contributed by atoms with E-state index in [0.29, 0.717) is 0 Å². The molecule has 5 aliphatic rings. The highest BCUT2D eigenvalue weighted by atomic mass is 16.5. The van der Waals surface area contributed by atoms with Crippen molar-refractivity contribution in [1.82, 2.24) is 20.4 Å². The zero-order chi connectivity index (χ0) is 23.5. The number of amides is 3. The van der Waals surface area contributed by atoms with E-state index in [1.807, 2.05) is 0 Å². The van der Waals surface area contributed by atoms with Gasteiger partial charge < -0.3 is 37.2 Å². The molecule has 33 heavy (non-hydrogen) atoms. The number of hydrogen-bond acceptors (Lipinski definition) is 11. The van der Waals surface area contributed by atoms with E-state index in [0.717, 1.165) is 37.0 Å². The normalized spacial score (nSPS) is 35.6. The summed E-state index contributed by atoms with van der Waals surface area (Å²) in [6.07, 6.45) is 4.78. The summed E-state index contributed by atoms with van der Waals surface area (Å²) in [6, 6.07) is -2.89. The highest BCUT2D eigenvalue weighted by molar-refractivity contribution is 6.02. The lowest BCUT2D eigenvalue weighted by molar-refractivity contribution is -0.232. The second-order valence-corrected chi connectivity index (χ2v) is 9.54. The van der Waals surface area contributed by atoms with Crippen molar-refractivity contribution in [3.05, 3.63) is 0 Å². The molecule has 0 aromatic carbocycles. The Morgan fingerprint density at radius 3 is 2.45 bits per heavy atom. The van der Waals surface area contributed by atoms with E-state index in [-0.39, 0.29) is 61.5 Å². The molecule has 4 aliphatic heterocycles. The molecular weight excluding hydrogens is 432 g/mol. The summed E-state index contributed by atoms with van der Waals surface area (Å²) in [5.41, 5.74) is 10.5. The van der Waals surface area contributed by atoms with Crippen molar-refractivity contribution >= 4 is 29.6 Å². The fourth-order valence-electron chi connectivity index (χ4n) is 5.90. The summed E-state index contributed by atoms with van der Waals surface area (Å²) in [7, 11) is 0. The Kier molecular flexibility index (Phi) is 5.01. The first-order valence-corrected chi connectivity index (χ1v) is 11.5. The van der Waals surface area contributed by atoms with Crippen molar-refractivity contribution in [1.29, 1.82) is 0 Å². The number of hydrogen-bond donors (Lipinski definition) is 6. The summed E-state index contributed by atoms with van der Waals surface area (Å²) in [6.45, 7) is -0.131. The van der Waals surface area contributed by atoms with Crippen molar-refractivity contribution < 1.29 is 24.6 Å². The molecule has 3 amide bonds. The maximum absolute atomic E-state index is 12.9. The molecular formula is C20H30N8O5. The lowest BCUT2D eigenvalue weighted by atomic mass is 9.84.